The predicted molar refractivity (Wildman–Crippen MR) is 109 cm³/mol. The van der Waals surface area contributed by atoms with Gasteiger partial charge in [0.25, 0.3) is 5.91 Å². The van der Waals surface area contributed by atoms with Crippen LogP contribution in [-0.2, 0) is 6.54 Å². The fourth-order valence-electron chi connectivity index (χ4n) is 3.01. The zero-order chi connectivity index (χ0) is 20.8. The maximum absolute atomic E-state index is 13.9. The predicted octanol–water partition coefficient (Wildman–Crippen LogP) is 4.21. The van der Waals surface area contributed by atoms with Gasteiger partial charge in [-0.15, -0.1) is 0 Å². The first-order valence-electron chi connectivity index (χ1n) is 9.48. The Morgan fingerprint density at radius 2 is 1.87 bits per heavy atom. The number of nitrogens with one attached hydrogen (secondary N) is 1. The normalized spacial score (nSPS) is 11.8. The number of hydrogen-bond donors (Lipinski definition) is 1. The number of carbonyl (C=O) groups is 1. The first kappa shape index (κ1) is 19.4. The number of aromatic nitrogens is 2. The molecule has 0 fully saturated rings. The smallest absolute Gasteiger partial charge is 0.287 e. The number of ether oxygens (including phenoxy) is 1. The first-order valence-corrected chi connectivity index (χ1v) is 9.48. The van der Waals surface area contributed by atoms with Crippen LogP contribution in [0.15, 0.2) is 89.6 Å². The van der Waals surface area contributed by atoms with Gasteiger partial charge in [0.05, 0.1) is 12.6 Å². The molecule has 0 aliphatic carbocycles. The van der Waals surface area contributed by atoms with E-state index in [2.05, 4.69) is 10.4 Å². The molecule has 0 radical (unpaired) electrons. The van der Waals surface area contributed by atoms with Crippen LogP contribution < -0.4 is 10.1 Å². The van der Waals surface area contributed by atoms with Gasteiger partial charge in [0.15, 0.2) is 17.3 Å². The third-order valence-corrected chi connectivity index (χ3v) is 4.51. The molecule has 6 nitrogen and oxygen atoms in total. The monoisotopic (exact) mass is 405 g/mol. The summed E-state index contributed by atoms with van der Waals surface area (Å²) in [7, 11) is 0. The second-order valence-electron chi connectivity index (χ2n) is 6.65. The fraction of sp³-hybridized carbons (Fsp3) is 0.130. The van der Waals surface area contributed by atoms with E-state index in [-0.39, 0.29) is 24.0 Å². The number of halogens is 1. The summed E-state index contributed by atoms with van der Waals surface area (Å²) in [6.45, 7) is 0.496. The summed E-state index contributed by atoms with van der Waals surface area (Å²) >= 11 is 0. The van der Waals surface area contributed by atoms with Gasteiger partial charge in [-0.3, -0.25) is 9.48 Å². The summed E-state index contributed by atoms with van der Waals surface area (Å²) in [5, 5.41) is 7.03. The Bertz CT molecular complexity index is 1090. The molecular weight excluding hydrogens is 385 g/mol. The van der Waals surface area contributed by atoms with Crippen molar-refractivity contribution in [1.29, 1.82) is 0 Å². The molecule has 2 heterocycles. The molecule has 2 aromatic carbocycles. The lowest BCUT2D eigenvalue weighted by Crippen LogP contribution is -2.32. The van der Waals surface area contributed by atoms with Crippen LogP contribution in [-0.4, -0.2) is 22.3 Å². The zero-order valence-electron chi connectivity index (χ0n) is 16.1. The van der Waals surface area contributed by atoms with Crippen LogP contribution in [0.1, 0.15) is 27.9 Å². The molecule has 1 atom stereocenters. The van der Waals surface area contributed by atoms with E-state index in [1.807, 2.05) is 42.6 Å². The molecule has 30 heavy (non-hydrogen) atoms. The van der Waals surface area contributed by atoms with Crippen molar-refractivity contribution in [3.63, 3.8) is 0 Å². The van der Waals surface area contributed by atoms with E-state index < -0.39 is 11.9 Å². The highest BCUT2D eigenvalue weighted by Crippen LogP contribution is 2.20. The molecule has 7 heteroatoms. The first-order chi connectivity index (χ1) is 14.7. The number of carbonyl (C=O) groups excluding carboxylic acids is 1. The minimum absolute atomic E-state index is 0.0670. The average molecular weight is 405 g/mol. The molecule has 1 amide bonds. The number of benzene rings is 2. The Hall–Kier alpha value is -3.87. The van der Waals surface area contributed by atoms with Crippen molar-refractivity contribution >= 4 is 5.91 Å². The van der Waals surface area contributed by atoms with Crippen LogP contribution in [0.4, 0.5) is 4.39 Å². The van der Waals surface area contributed by atoms with Crippen molar-refractivity contribution in [2.75, 3.05) is 6.61 Å². The maximum Gasteiger partial charge on any atom is 0.287 e. The van der Waals surface area contributed by atoms with Gasteiger partial charge in [0.2, 0.25) is 0 Å². The molecule has 0 aliphatic heterocycles. The van der Waals surface area contributed by atoms with Crippen molar-refractivity contribution in [3.05, 3.63) is 108 Å². The van der Waals surface area contributed by atoms with Crippen LogP contribution in [0.3, 0.4) is 0 Å². The van der Waals surface area contributed by atoms with Crippen LogP contribution in [0.5, 0.6) is 5.75 Å². The highest BCUT2D eigenvalue weighted by molar-refractivity contribution is 5.91. The zero-order valence-corrected chi connectivity index (χ0v) is 16.1. The number of para-hydroxylation sites is 1. The summed E-state index contributed by atoms with van der Waals surface area (Å²) < 4.78 is 26.9. The van der Waals surface area contributed by atoms with E-state index in [0.29, 0.717) is 12.3 Å². The third kappa shape index (κ3) is 4.75. The van der Waals surface area contributed by atoms with E-state index in [4.69, 9.17) is 9.15 Å². The Labute approximate surface area is 172 Å². The van der Waals surface area contributed by atoms with Gasteiger partial charge in [-0.25, -0.2) is 4.39 Å². The number of hydrogen-bond acceptors (Lipinski definition) is 4. The van der Waals surface area contributed by atoms with Gasteiger partial charge >= 0.3 is 0 Å². The van der Waals surface area contributed by atoms with Gasteiger partial charge in [-0.1, -0.05) is 42.5 Å². The van der Waals surface area contributed by atoms with Crippen LogP contribution in [0, 0.1) is 5.82 Å². The van der Waals surface area contributed by atoms with Crippen LogP contribution in [0.25, 0.3) is 0 Å². The molecule has 4 aromatic rings. The molecule has 1 N–H and O–H groups in total. The highest BCUT2D eigenvalue weighted by atomic mass is 19.1. The summed E-state index contributed by atoms with van der Waals surface area (Å²) in [4.78, 5) is 12.8. The van der Waals surface area contributed by atoms with Gasteiger partial charge in [-0.05, 0) is 35.9 Å². The second-order valence-corrected chi connectivity index (χ2v) is 6.65. The minimum Gasteiger partial charge on any atom is -0.488 e. The van der Waals surface area contributed by atoms with Crippen molar-refractivity contribution in [2.24, 2.45) is 0 Å². The summed E-state index contributed by atoms with van der Waals surface area (Å²) in [6, 6.07) is 20.2. The Kier molecular flexibility index (Phi) is 5.89. The molecule has 0 saturated carbocycles. The van der Waals surface area contributed by atoms with Crippen LogP contribution >= 0.6 is 0 Å². The van der Waals surface area contributed by atoms with E-state index in [1.54, 1.807) is 41.2 Å². The third-order valence-electron chi connectivity index (χ3n) is 4.51. The second kappa shape index (κ2) is 9.09. The Morgan fingerprint density at radius 1 is 1.07 bits per heavy atom. The summed E-state index contributed by atoms with van der Waals surface area (Å²) in [5.41, 5.74) is 0.838. The molecular formula is C23H20FN3O3. The molecule has 0 saturated heterocycles. The lowest BCUT2D eigenvalue weighted by molar-refractivity contribution is 0.0890. The summed E-state index contributed by atoms with van der Waals surface area (Å²) in [6.07, 6.45) is 3.49. The van der Waals surface area contributed by atoms with E-state index in [0.717, 1.165) is 5.56 Å². The lowest BCUT2D eigenvalue weighted by Gasteiger charge is -2.19. The summed E-state index contributed by atoms with van der Waals surface area (Å²) in [5.74, 6) is 0.0940. The fourth-order valence-corrected chi connectivity index (χ4v) is 3.01. The van der Waals surface area contributed by atoms with Crippen LogP contribution in [0.2, 0.25) is 0 Å². The topological polar surface area (TPSA) is 69.3 Å². The van der Waals surface area contributed by atoms with Gasteiger partial charge in [-0.2, -0.15) is 5.10 Å². The Balaban J connectivity index is 1.46. The number of amides is 1. The maximum atomic E-state index is 13.9. The highest BCUT2D eigenvalue weighted by Gasteiger charge is 2.19. The van der Waals surface area contributed by atoms with Gasteiger partial charge in [0.1, 0.15) is 12.4 Å². The van der Waals surface area contributed by atoms with Crippen molar-refractivity contribution in [1.82, 2.24) is 15.1 Å². The lowest BCUT2D eigenvalue weighted by atomic mass is 10.1. The number of furan rings is 1. The molecule has 0 spiro atoms. The SMILES string of the molecule is O=C(NC(COc1ccccc1F)c1ccccc1)c1ccc(Cn2cccn2)o1. The van der Waals surface area contributed by atoms with Gasteiger partial charge in [0, 0.05) is 12.4 Å². The standard InChI is InChI=1S/C23H20FN3O3/c24-19-9-4-5-10-21(19)29-16-20(17-7-2-1-3-8-17)26-23(28)22-12-11-18(30-22)15-27-14-6-13-25-27/h1-14,20H,15-16H2,(H,26,28). The molecule has 0 bridgehead atoms. The van der Waals surface area contributed by atoms with E-state index in [9.17, 15) is 9.18 Å². The average Bonchev–Trinajstić information content (AvgIpc) is 3.45. The number of rotatable bonds is 8. The quantitative estimate of drug-likeness (QED) is 0.477. The molecule has 0 aliphatic rings. The van der Waals surface area contributed by atoms with Crippen molar-refractivity contribution in [3.8, 4) is 5.75 Å². The largest absolute Gasteiger partial charge is 0.488 e. The van der Waals surface area contributed by atoms with E-state index >= 15 is 0 Å². The minimum atomic E-state index is -0.488. The Morgan fingerprint density at radius 3 is 2.63 bits per heavy atom. The van der Waals surface area contributed by atoms with E-state index in [1.165, 1.54) is 6.07 Å². The van der Waals surface area contributed by atoms with Crippen molar-refractivity contribution < 1.29 is 18.3 Å². The molecule has 152 valence electrons. The molecule has 4 rings (SSSR count). The molecule has 2 aromatic heterocycles. The number of nitrogens with zero attached hydrogens (tertiary/aromatic N) is 2. The van der Waals surface area contributed by atoms with Crippen molar-refractivity contribution in [2.45, 2.75) is 12.6 Å². The van der Waals surface area contributed by atoms with Gasteiger partial charge < -0.3 is 14.5 Å². The molecule has 1 unspecified atom stereocenters.